The smallest absolute Gasteiger partial charge is 0.0681 e. The second-order valence-electron chi connectivity index (χ2n) is 6.16. The lowest BCUT2D eigenvalue weighted by Crippen LogP contribution is -2.58. The Bertz CT molecular complexity index is 239. The van der Waals surface area contributed by atoms with Crippen molar-refractivity contribution in [3.8, 4) is 0 Å². The second-order valence-corrected chi connectivity index (χ2v) is 6.16. The van der Waals surface area contributed by atoms with Crippen molar-refractivity contribution in [3.05, 3.63) is 0 Å². The van der Waals surface area contributed by atoms with E-state index in [0.717, 1.165) is 18.9 Å². The van der Waals surface area contributed by atoms with E-state index in [1.165, 1.54) is 51.4 Å². The summed E-state index contributed by atoms with van der Waals surface area (Å²) in [4.78, 5) is 0. The molecule has 0 bridgehead atoms. The highest BCUT2D eigenvalue weighted by Crippen LogP contribution is 2.52. The van der Waals surface area contributed by atoms with E-state index in [1.54, 1.807) is 0 Å². The van der Waals surface area contributed by atoms with Crippen LogP contribution in [0.2, 0.25) is 0 Å². The fourth-order valence-electron chi connectivity index (χ4n) is 3.54. The van der Waals surface area contributed by atoms with Crippen LogP contribution in [0.15, 0.2) is 0 Å². The van der Waals surface area contributed by atoms with E-state index in [-0.39, 0.29) is 11.5 Å². The summed E-state index contributed by atoms with van der Waals surface area (Å²) in [6.45, 7) is 0.957. The quantitative estimate of drug-likeness (QED) is 0.798. The van der Waals surface area contributed by atoms with Gasteiger partial charge in [-0.25, -0.2) is 0 Å². The van der Waals surface area contributed by atoms with E-state index in [4.69, 9.17) is 4.74 Å². The third-order valence-electron chi connectivity index (χ3n) is 5.01. The van der Waals surface area contributed by atoms with Gasteiger partial charge in [-0.2, -0.15) is 0 Å². The molecule has 0 amide bonds. The molecule has 0 aromatic carbocycles. The second kappa shape index (κ2) is 4.30. The van der Waals surface area contributed by atoms with Gasteiger partial charge in [-0.15, -0.1) is 0 Å². The van der Waals surface area contributed by atoms with Gasteiger partial charge < -0.3 is 9.84 Å². The van der Waals surface area contributed by atoms with Crippen LogP contribution < -0.4 is 0 Å². The van der Waals surface area contributed by atoms with Crippen molar-refractivity contribution >= 4 is 0 Å². The van der Waals surface area contributed by atoms with Crippen LogP contribution in [0.5, 0.6) is 0 Å². The predicted octanol–water partition coefficient (Wildman–Crippen LogP) is 2.89. The molecule has 3 rings (SSSR count). The molecule has 1 N–H and O–H groups in total. The summed E-state index contributed by atoms with van der Waals surface area (Å²) in [6.07, 6.45) is 11.6. The summed E-state index contributed by atoms with van der Waals surface area (Å²) in [7, 11) is 0. The Balaban J connectivity index is 1.59. The van der Waals surface area contributed by atoms with Crippen molar-refractivity contribution in [2.45, 2.75) is 70.0 Å². The van der Waals surface area contributed by atoms with E-state index in [9.17, 15) is 5.11 Å². The van der Waals surface area contributed by atoms with Gasteiger partial charge in [0.2, 0.25) is 0 Å². The number of aliphatic hydroxyl groups excluding tert-OH is 1. The molecule has 2 atom stereocenters. The highest BCUT2D eigenvalue weighted by atomic mass is 16.5. The topological polar surface area (TPSA) is 29.5 Å². The Kier molecular flexibility index (Phi) is 2.97. The normalized spacial score (nSPS) is 38.1. The minimum atomic E-state index is -0.0743. The fourth-order valence-corrected chi connectivity index (χ4v) is 3.54. The number of rotatable bonds is 3. The van der Waals surface area contributed by atoms with E-state index in [0.29, 0.717) is 6.10 Å². The largest absolute Gasteiger partial charge is 0.392 e. The Morgan fingerprint density at radius 1 is 1.06 bits per heavy atom. The van der Waals surface area contributed by atoms with E-state index >= 15 is 0 Å². The molecule has 2 unspecified atom stereocenters. The van der Waals surface area contributed by atoms with Crippen LogP contribution >= 0.6 is 0 Å². The summed E-state index contributed by atoms with van der Waals surface area (Å²) < 4.78 is 6.06. The molecule has 3 saturated carbocycles. The zero-order valence-corrected chi connectivity index (χ0v) is 10.2. The summed E-state index contributed by atoms with van der Waals surface area (Å²) >= 11 is 0. The monoisotopic (exact) mass is 224 g/mol. The molecule has 3 aliphatic rings. The summed E-state index contributed by atoms with van der Waals surface area (Å²) in [6, 6.07) is 0. The molecule has 16 heavy (non-hydrogen) atoms. The molecule has 3 aliphatic carbocycles. The van der Waals surface area contributed by atoms with Gasteiger partial charge in [0.05, 0.1) is 12.2 Å². The van der Waals surface area contributed by atoms with Crippen molar-refractivity contribution < 1.29 is 9.84 Å². The predicted molar refractivity (Wildman–Crippen MR) is 63.2 cm³/mol. The Morgan fingerprint density at radius 3 is 2.31 bits per heavy atom. The molecule has 0 aromatic heterocycles. The third-order valence-corrected chi connectivity index (χ3v) is 5.01. The van der Waals surface area contributed by atoms with Crippen molar-refractivity contribution in [1.82, 2.24) is 0 Å². The highest BCUT2D eigenvalue weighted by Gasteiger charge is 2.54. The Labute approximate surface area is 98.4 Å². The first-order valence-electron chi connectivity index (χ1n) is 7.11. The van der Waals surface area contributed by atoms with E-state index < -0.39 is 0 Å². The maximum Gasteiger partial charge on any atom is 0.0681 e. The molecule has 92 valence electrons. The fraction of sp³-hybridized carbons (Fsp3) is 1.00. The summed E-state index contributed by atoms with van der Waals surface area (Å²) in [5, 5.41) is 10.1. The zero-order chi connectivity index (χ0) is 11.0. The summed E-state index contributed by atoms with van der Waals surface area (Å²) in [5.41, 5.74) is 0.158. The van der Waals surface area contributed by atoms with E-state index in [2.05, 4.69) is 0 Å². The van der Waals surface area contributed by atoms with Gasteiger partial charge in [-0.1, -0.05) is 25.7 Å². The van der Waals surface area contributed by atoms with Crippen molar-refractivity contribution in [2.24, 2.45) is 11.3 Å². The number of ether oxygens (including phenoxy) is 1. The van der Waals surface area contributed by atoms with Gasteiger partial charge in [-0.05, 0) is 31.6 Å². The standard InChI is InChI=1S/C14H24O2/c15-12-9-13(16-10-11-5-6-11)14(12)7-3-1-2-4-8-14/h11-13,15H,1-10H2. The Hall–Kier alpha value is -0.0800. The summed E-state index contributed by atoms with van der Waals surface area (Å²) in [5.74, 6) is 0.848. The Morgan fingerprint density at radius 2 is 1.75 bits per heavy atom. The van der Waals surface area contributed by atoms with Crippen LogP contribution in [-0.2, 0) is 4.74 Å². The molecule has 2 heteroatoms. The molecule has 0 heterocycles. The average Bonchev–Trinajstić information content (AvgIpc) is 3.10. The lowest BCUT2D eigenvalue weighted by Gasteiger charge is -2.53. The minimum absolute atomic E-state index is 0.0743. The van der Waals surface area contributed by atoms with Crippen LogP contribution in [0.4, 0.5) is 0 Å². The number of hydrogen-bond donors (Lipinski definition) is 1. The highest BCUT2D eigenvalue weighted by molar-refractivity contribution is 5.04. The average molecular weight is 224 g/mol. The van der Waals surface area contributed by atoms with Crippen LogP contribution in [0.3, 0.4) is 0 Å². The molecule has 0 saturated heterocycles. The molecular formula is C14H24O2. The van der Waals surface area contributed by atoms with Crippen LogP contribution in [-0.4, -0.2) is 23.9 Å². The van der Waals surface area contributed by atoms with Crippen LogP contribution in [0.25, 0.3) is 0 Å². The maximum absolute atomic E-state index is 10.1. The first-order chi connectivity index (χ1) is 7.81. The SMILES string of the molecule is OC1CC(OCC2CC2)C12CCCCCC2. The molecule has 1 spiro atoms. The molecular weight excluding hydrogens is 200 g/mol. The lowest BCUT2D eigenvalue weighted by atomic mass is 9.59. The first-order valence-corrected chi connectivity index (χ1v) is 7.11. The minimum Gasteiger partial charge on any atom is -0.392 e. The van der Waals surface area contributed by atoms with Gasteiger partial charge >= 0.3 is 0 Å². The van der Waals surface area contributed by atoms with Crippen LogP contribution in [0.1, 0.15) is 57.8 Å². The lowest BCUT2D eigenvalue weighted by molar-refractivity contribution is -0.200. The number of aliphatic hydroxyl groups is 1. The number of hydrogen-bond acceptors (Lipinski definition) is 2. The van der Waals surface area contributed by atoms with Crippen molar-refractivity contribution in [1.29, 1.82) is 0 Å². The van der Waals surface area contributed by atoms with Gasteiger partial charge in [0.15, 0.2) is 0 Å². The zero-order valence-electron chi connectivity index (χ0n) is 10.2. The molecule has 0 aliphatic heterocycles. The molecule has 2 nitrogen and oxygen atoms in total. The van der Waals surface area contributed by atoms with Gasteiger partial charge in [0.1, 0.15) is 0 Å². The molecule has 0 radical (unpaired) electrons. The van der Waals surface area contributed by atoms with Crippen LogP contribution in [0, 0.1) is 11.3 Å². The van der Waals surface area contributed by atoms with Gasteiger partial charge in [-0.3, -0.25) is 0 Å². The molecule has 0 aromatic rings. The maximum atomic E-state index is 10.1. The van der Waals surface area contributed by atoms with E-state index in [1.807, 2.05) is 0 Å². The first kappa shape index (κ1) is 11.0. The molecule has 3 fully saturated rings. The van der Waals surface area contributed by atoms with Crippen molar-refractivity contribution in [2.75, 3.05) is 6.61 Å². The third kappa shape index (κ3) is 1.91. The van der Waals surface area contributed by atoms with Gasteiger partial charge in [0.25, 0.3) is 0 Å². The van der Waals surface area contributed by atoms with Gasteiger partial charge in [0, 0.05) is 18.4 Å². The van der Waals surface area contributed by atoms with Crippen molar-refractivity contribution in [3.63, 3.8) is 0 Å².